The molecule has 0 spiro atoms. The van der Waals surface area contributed by atoms with Crippen molar-refractivity contribution in [3.63, 3.8) is 0 Å². The van der Waals surface area contributed by atoms with Gasteiger partial charge in [-0.1, -0.05) is 13.8 Å². The van der Waals surface area contributed by atoms with Crippen LogP contribution in [0.5, 0.6) is 0 Å². The van der Waals surface area contributed by atoms with E-state index in [1.165, 1.54) is 12.3 Å². The fourth-order valence-electron chi connectivity index (χ4n) is 1.06. The molecule has 1 aromatic rings. The van der Waals surface area contributed by atoms with Gasteiger partial charge in [-0.15, -0.1) is 0 Å². The predicted molar refractivity (Wildman–Crippen MR) is 47.3 cm³/mol. The van der Waals surface area contributed by atoms with Crippen molar-refractivity contribution in [1.29, 1.82) is 0 Å². The maximum absolute atomic E-state index is 12.3. The van der Waals surface area contributed by atoms with Gasteiger partial charge in [0, 0.05) is 0 Å². The van der Waals surface area contributed by atoms with Gasteiger partial charge >= 0.3 is 6.18 Å². The molecule has 4 heteroatoms. The van der Waals surface area contributed by atoms with E-state index in [-0.39, 0.29) is 11.7 Å². The zero-order valence-corrected chi connectivity index (χ0v) is 8.35. The lowest BCUT2D eigenvalue weighted by atomic mass is 10.0. The lowest BCUT2D eigenvalue weighted by molar-refractivity contribution is -0.149. The van der Waals surface area contributed by atoms with Gasteiger partial charge in [-0.05, 0) is 24.5 Å². The fourth-order valence-corrected chi connectivity index (χ4v) is 1.06. The molecule has 0 aliphatic heterocycles. The number of furan rings is 1. The first-order valence-corrected chi connectivity index (χ1v) is 4.47. The van der Waals surface area contributed by atoms with E-state index in [0.717, 1.165) is 12.5 Å². The smallest absolute Gasteiger partial charge is 0.398 e. The average Bonchev–Trinajstić information content (AvgIpc) is 2.48. The molecular formula is C10H13F3O. The van der Waals surface area contributed by atoms with Crippen LogP contribution in [0.2, 0.25) is 0 Å². The molecule has 0 N–H and O–H groups in total. The zero-order valence-electron chi connectivity index (χ0n) is 8.35. The molecule has 0 radical (unpaired) electrons. The lowest BCUT2D eigenvalue weighted by Gasteiger charge is -2.12. The summed E-state index contributed by atoms with van der Waals surface area (Å²) < 4.78 is 41.7. The van der Waals surface area contributed by atoms with Gasteiger partial charge in [0.05, 0.1) is 6.26 Å². The summed E-state index contributed by atoms with van der Waals surface area (Å²) >= 11 is 0. The summed E-state index contributed by atoms with van der Waals surface area (Å²) in [6.45, 7) is 4.92. The molecule has 0 unspecified atom stereocenters. The predicted octanol–water partition coefficient (Wildman–Crippen LogP) is 4.07. The van der Waals surface area contributed by atoms with Crippen LogP contribution >= 0.6 is 0 Å². The second-order valence-corrected chi connectivity index (χ2v) is 3.70. The second kappa shape index (κ2) is 3.67. The standard InChI is InChI=1S/C10H13F3O/c1-6(2)8-4-9(14-5-8)7(3)10(11,12)13/h4-7H,1-3H3/t7-/m0/s1. The highest BCUT2D eigenvalue weighted by Gasteiger charge is 2.39. The summed E-state index contributed by atoms with van der Waals surface area (Å²) in [6.07, 6.45) is -2.84. The Morgan fingerprint density at radius 3 is 2.14 bits per heavy atom. The molecule has 1 rings (SSSR count). The molecule has 1 nitrogen and oxygen atoms in total. The highest BCUT2D eigenvalue weighted by Crippen LogP contribution is 2.35. The first kappa shape index (κ1) is 11.1. The molecule has 14 heavy (non-hydrogen) atoms. The van der Waals surface area contributed by atoms with Crippen molar-refractivity contribution in [3.05, 3.63) is 23.7 Å². The van der Waals surface area contributed by atoms with Crippen molar-refractivity contribution >= 4 is 0 Å². The van der Waals surface area contributed by atoms with Gasteiger partial charge in [-0.25, -0.2) is 0 Å². The minimum atomic E-state index is -4.23. The minimum Gasteiger partial charge on any atom is -0.468 e. The third kappa shape index (κ3) is 2.30. The van der Waals surface area contributed by atoms with Crippen LogP contribution in [0.1, 0.15) is 43.9 Å². The van der Waals surface area contributed by atoms with Crippen molar-refractivity contribution in [2.75, 3.05) is 0 Å². The molecule has 0 aromatic carbocycles. The average molecular weight is 206 g/mol. The van der Waals surface area contributed by atoms with Crippen molar-refractivity contribution in [3.8, 4) is 0 Å². The van der Waals surface area contributed by atoms with Crippen LogP contribution in [0, 0.1) is 0 Å². The number of rotatable bonds is 2. The Kier molecular flexibility index (Phi) is 2.92. The Bertz CT molecular complexity index is 299. The van der Waals surface area contributed by atoms with Crippen LogP contribution in [0.3, 0.4) is 0 Å². The first-order valence-electron chi connectivity index (χ1n) is 4.47. The Morgan fingerprint density at radius 1 is 1.21 bits per heavy atom. The van der Waals surface area contributed by atoms with E-state index >= 15 is 0 Å². The van der Waals surface area contributed by atoms with Crippen LogP contribution in [0.25, 0.3) is 0 Å². The van der Waals surface area contributed by atoms with Crippen LogP contribution in [0.15, 0.2) is 16.7 Å². The molecule has 0 aliphatic rings. The highest BCUT2D eigenvalue weighted by molar-refractivity contribution is 5.19. The lowest BCUT2D eigenvalue weighted by Crippen LogP contribution is -2.16. The van der Waals surface area contributed by atoms with Crippen molar-refractivity contribution in [2.45, 2.75) is 38.8 Å². The van der Waals surface area contributed by atoms with E-state index in [2.05, 4.69) is 0 Å². The molecule has 0 saturated heterocycles. The largest absolute Gasteiger partial charge is 0.468 e. The van der Waals surface area contributed by atoms with Gasteiger partial charge in [0.15, 0.2) is 0 Å². The summed E-state index contributed by atoms with van der Waals surface area (Å²) in [5.41, 5.74) is 0.802. The molecule has 0 saturated carbocycles. The molecule has 1 aromatic heterocycles. The molecule has 80 valence electrons. The fraction of sp³-hybridized carbons (Fsp3) is 0.600. The Balaban J connectivity index is 2.87. The van der Waals surface area contributed by atoms with Crippen LogP contribution in [-0.4, -0.2) is 6.18 Å². The van der Waals surface area contributed by atoms with Gasteiger partial charge in [0.2, 0.25) is 0 Å². The first-order chi connectivity index (χ1) is 6.32. The Labute approximate surface area is 80.9 Å². The maximum Gasteiger partial charge on any atom is 0.398 e. The van der Waals surface area contributed by atoms with E-state index in [1.807, 2.05) is 13.8 Å². The van der Waals surface area contributed by atoms with Crippen LogP contribution in [-0.2, 0) is 0 Å². The van der Waals surface area contributed by atoms with E-state index in [9.17, 15) is 13.2 Å². The summed E-state index contributed by atoms with van der Waals surface area (Å²) in [5.74, 6) is -1.36. The second-order valence-electron chi connectivity index (χ2n) is 3.70. The normalized spacial score (nSPS) is 14.8. The Hall–Kier alpha value is -0.930. The van der Waals surface area contributed by atoms with Crippen molar-refractivity contribution in [2.24, 2.45) is 0 Å². The molecular weight excluding hydrogens is 193 g/mol. The summed E-state index contributed by atoms with van der Waals surface area (Å²) in [6, 6.07) is 1.48. The maximum atomic E-state index is 12.3. The van der Waals surface area contributed by atoms with Crippen LogP contribution in [0.4, 0.5) is 13.2 Å². The summed E-state index contributed by atoms with van der Waals surface area (Å²) in [5, 5.41) is 0. The quantitative estimate of drug-likeness (QED) is 0.710. The topological polar surface area (TPSA) is 13.1 Å². The third-order valence-electron chi connectivity index (χ3n) is 2.22. The van der Waals surface area contributed by atoms with Crippen LogP contribution < -0.4 is 0 Å². The van der Waals surface area contributed by atoms with Crippen molar-refractivity contribution < 1.29 is 17.6 Å². The molecule has 1 atom stereocenters. The number of hydrogen-bond acceptors (Lipinski definition) is 1. The van der Waals surface area contributed by atoms with Gasteiger partial charge < -0.3 is 4.42 Å². The zero-order chi connectivity index (χ0) is 10.9. The number of alkyl halides is 3. The highest BCUT2D eigenvalue weighted by atomic mass is 19.4. The third-order valence-corrected chi connectivity index (χ3v) is 2.22. The van der Waals surface area contributed by atoms with Gasteiger partial charge in [0.25, 0.3) is 0 Å². The summed E-state index contributed by atoms with van der Waals surface area (Å²) in [4.78, 5) is 0. The van der Waals surface area contributed by atoms with Gasteiger partial charge in [0.1, 0.15) is 11.7 Å². The van der Waals surface area contributed by atoms with E-state index in [1.54, 1.807) is 0 Å². The van der Waals surface area contributed by atoms with Crippen molar-refractivity contribution in [1.82, 2.24) is 0 Å². The SMILES string of the molecule is CC(C)c1coc([C@H](C)C(F)(F)F)c1. The molecule has 0 fully saturated rings. The van der Waals surface area contributed by atoms with Gasteiger partial charge in [-0.2, -0.15) is 13.2 Å². The Morgan fingerprint density at radius 2 is 1.79 bits per heavy atom. The molecule has 0 bridgehead atoms. The minimum absolute atomic E-state index is 0.0128. The van der Waals surface area contributed by atoms with E-state index in [4.69, 9.17) is 4.42 Å². The molecule has 1 heterocycles. The summed E-state index contributed by atoms with van der Waals surface area (Å²) in [7, 11) is 0. The molecule has 0 amide bonds. The van der Waals surface area contributed by atoms with E-state index in [0.29, 0.717) is 0 Å². The van der Waals surface area contributed by atoms with E-state index < -0.39 is 12.1 Å². The monoisotopic (exact) mass is 206 g/mol. The molecule has 0 aliphatic carbocycles. The van der Waals surface area contributed by atoms with Gasteiger partial charge in [-0.3, -0.25) is 0 Å². The number of hydrogen-bond donors (Lipinski definition) is 0. The number of halogens is 3.